The molecule has 0 aromatic heterocycles. The van der Waals surface area contributed by atoms with Gasteiger partial charge in [0, 0.05) is 0 Å². The minimum absolute atomic E-state index is 0.236. The lowest BCUT2D eigenvalue weighted by molar-refractivity contribution is 0.473. The standard InChI is InChI=1S/C6H4Cl2O4S/c7-4-1-3(13(10,11)12)2-5(8)6(4)9/h1-2,9H,(H,10,11,12). The van der Waals surface area contributed by atoms with Crippen LogP contribution in [-0.2, 0) is 10.1 Å². The molecule has 0 bridgehead atoms. The Labute approximate surface area is 84.5 Å². The molecule has 0 aliphatic carbocycles. The van der Waals surface area contributed by atoms with Crippen molar-refractivity contribution in [3.05, 3.63) is 22.2 Å². The summed E-state index contributed by atoms with van der Waals surface area (Å²) < 4.78 is 29.8. The molecule has 0 radical (unpaired) electrons. The van der Waals surface area contributed by atoms with E-state index in [4.69, 9.17) is 32.9 Å². The van der Waals surface area contributed by atoms with Crippen molar-refractivity contribution in [1.82, 2.24) is 0 Å². The maximum absolute atomic E-state index is 10.6. The molecule has 7 heteroatoms. The highest BCUT2D eigenvalue weighted by molar-refractivity contribution is 7.85. The first-order chi connectivity index (χ1) is 5.82. The molecule has 4 nitrogen and oxygen atoms in total. The van der Waals surface area contributed by atoms with Crippen LogP contribution in [0.4, 0.5) is 0 Å². The van der Waals surface area contributed by atoms with Crippen molar-refractivity contribution in [2.24, 2.45) is 0 Å². The summed E-state index contributed by atoms with van der Waals surface area (Å²) in [6, 6.07) is 1.80. The lowest BCUT2D eigenvalue weighted by atomic mass is 10.3. The first-order valence-corrected chi connectivity index (χ1v) is 5.17. The Kier molecular flexibility index (Phi) is 2.72. The molecular weight excluding hydrogens is 239 g/mol. The SMILES string of the molecule is O=S(=O)(O)c1cc(Cl)c(O)c(Cl)c1. The molecule has 0 aliphatic rings. The monoisotopic (exact) mass is 242 g/mol. The van der Waals surface area contributed by atoms with Gasteiger partial charge in [-0.25, -0.2) is 0 Å². The first kappa shape index (κ1) is 10.6. The Bertz CT molecular complexity index is 417. The molecule has 1 rings (SSSR count). The van der Waals surface area contributed by atoms with Gasteiger partial charge in [-0.1, -0.05) is 23.2 Å². The number of benzene rings is 1. The molecule has 0 aliphatic heterocycles. The van der Waals surface area contributed by atoms with E-state index in [1.54, 1.807) is 0 Å². The van der Waals surface area contributed by atoms with Crippen LogP contribution in [0.5, 0.6) is 5.75 Å². The lowest BCUT2D eigenvalue weighted by Gasteiger charge is -2.02. The Balaban J connectivity index is 3.47. The second kappa shape index (κ2) is 3.34. The zero-order valence-electron chi connectivity index (χ0n) is 6.03. The predicted molar refractivity (Wildman–Crippen MR) is 47.9 cm³/mol. The Morgan fingerprint density at radius 1 is 1.15 bits per heavy atom. The van der Waals surface area contributed by atoms with Crippen LogP contribution in [0.15, 0.2) is 17.0 Å². The minimum Gasteiger partial charge on any atom is -0.505 e. The molecule has 0 fully saturated rings. The Morgan fingerprint density at radius 3 is 1.85 bits per heavy atom. The number of hydrogen-bond donors (Lipinski definition) is 2. The van der Waals surface area contributed by atoms with E-state index in [1.165, 1.54) is 0 Å². The Hall–Kier alpha value is -0.490. The van der Waals surface area contributed by atoms with E-state index in [2.05, 4.69) is 0 Å². The summed E-state index contributed by atoms with van der Waals surface area (Å²) in [5.41, 5.74) is 0. The van der Waals surface area contributed by atoms with Crippen LogP contribution in [0, 0.1) is 0 Å². The summed E-state index contributed by atoms with van der Waals surface area (Å²) >= 11 is 10.8. The average Bonchev–Trinajstić information content (AvgIpc) is 1.97. The molecule has 0 atom stereocenters. The maximum atomic E-state index is 10.6. The minimum atomic E-state index is -4.34. The molecule has 2 N–H and O–H groups in total. The third kappa shape index (κ3) is 2.25. The topological polar surface area (TPSA) is 74.6 Å². The van der Waals surface area contributed by atoms with Gasteiger partial charge < -0.3 is 5.11 Å². The quantitative estimate of drug-likeness (QED) is 0.739. The summed E-state index contributed by atoms with van der Waals surface area (Å²) in [6.07, 6.45) is 0. The zero-order chi connectivity index (χ0) is 10.2. The molecule has 1 aromatic rings. The van der Waals surface area contributed by atoms with Gasteiger partial charge >= 0.3 is 0 Å². The Morgan fingerprint density at radius 2 is 1.54 bits per heavy atom. The zero-order valence-corrected chi connectivity index (χ0v) is 8.36. The summed E-state index contributed by atoms with van der Waals surface area (Å²) in [7, 11) is -4.34. The number of phenols is 1. The average molecular weight is 243 g/mol. The van der Waals surface area contributed by atoms with Crippen molar-refractivity contribution in [3.8, 4) is 5.75 Å². The van der Waals surface area contributed by atoms with E-state index >= 15 is 0 Å². The first-order valence-electron chi connectivity index (χ1n) is 2.98. The van der Waals surface area contributed by atoms with Crippen molar-refractivity contribution in [1.29, 1.82) is 0 Å². The van der Waals surface area contributed by atoms with E-state index in [-0.39, 0.29) is 10.0 Å². The van der Waals surface area contributed by atoms with Crippen LogP contribution < -0.4 is 0 Å². The van der Waals surface area contributed by atoms with E-state index in [0.29, 0.717) is 0 Å². The normalized spacial score (nSPS) is 11.6. The van der Waals surface area contributed by atoms with Crippen LogP contribution in [0.25, 0.3) is 0 Å². The second-order valence-corrected chi connectivity index (χ2v) is 4.45. The van der Waals surface area contributed by atoms with Gasteiger partial charge in [0.1, 0.15) is 0 Å². The van der Waals surface area contributed by atoms with Crippen LogP contribution in [-0.4, -0.2) is 18.1 Å². The number of phenolic OH excluding ortho intramolecular Hbond substituents is 1. The third-order valence-electron chi connectivity index (χ3n) is 1.29. The largest absolute Gasteiger partial charge is 0.505 e. The highest BCUT2D eigenvalue weighted by Gasteiger charge is 2.14. The van der Waals surface area contributed by atoms with Gasteiger partial charge in [-0.15, -0.1) is 0 Å². The molecule has 72 valence electrons. The van der Waals surface area contributed by atoms with Gasteiger partial charge in [-0.05, 0) is 12.1 Å². The van der Waals surface area contributed by atoms with Gasteiger partial charge in [0.25, 0.3) is 10.1 Å². The number of aromatic hydroxyl groups is 1. The summed E-state index contributed by atoms with van der Waals surface area (Å²) in [6.45, 7) is 0. The van der Waals surface area contributed by atoms with E-state index in [1.807, 2.05) is 0 Å². The van der Waals surface area contributed by atoms with Gasteiger partial charge in [0.05, 0.1) is 14.9 Å². The van der Waals surface area contributed by atoms with Gasteiger partial charge in [0.2, 0.25) is 0 Å². The van der Waals surface area contributed by atoms with Crippen LogP contribution in [0.3, 0.4) is 0 Å². The van der Waals surface area contributed by atoms with Crippen molar-refractivity contribution in [3.63, 3.8) is 0 Å². The van der Waals surface area contributed by atoms with Gasteiger partial charge in [-0.3, -0.25) is 4.55 Å². The van der Waals surface area contributed by atoms with Crippen molar-refractivity contribution >= 4 is 33.3 Å². The van der Waals surface area contributed by atoms with Crippen molar-refractivity contribution < 1.29 is 18.1 Å². The van der Waals surface area contributed by atoms with Crippen LogP contribution >= 0.6 is 23.2 Å². The maximum Gasteiger partial charge on any atom is 0.294 e. The predicted octanol–water partition coefficient (Wildman–Crippen LogP) is 1.95. The van der Waals surface area contributed by atoms with Gasteiger partial charge in [-0.2, -0.15) is 8.42 Å². The fourth-order valence-corrected chi connectivity index (χ4v) is 1.84. The molecule has 0 saturated carbocycles. The fraction of sp³-hybridized carbons (Fsp3) is 0. The molecule has 13 heavy (non-hydrogen) atoms. The number of halogens is 2. The number of hydrogen-bond acceptors (Lipinski definition) is 3. The summed E-state index contributed by atoms with van der Waals surface area (Å²) in [5, 5.41) is 8.58. The van der Waals surface area contributed by atoms with Crippen LogP contribution in [0.1, 0.15) is 0 Å². The molecule has 1 aromatic carbocycles. The fourth-order valence-electron chi connectivity index (χ4n) is 0.691. The van der Waals surface area contributed by atoms with E-state index in [0.717, 1.165) is 12.1 Å². The third-order valence-corrected chi connectivity index (χ3v) is 2.70. The summed E-state index contributed by atoms with van der Waals surface area (Å²) in [5.74, 6) is -0.421. The van der Waals surface area contributed by atoms with E-state index < -0.39 is 20.8 Å². The second-order valence-electron chi connectivity index (χ2n) is 2.21. The van der Waals surface area contributed by atoms with E-state index in [9.17, 15) is 8.42 Å². The highest BCUT2D eigenvalue weighted by atomic mass is 35.5. The summed E-state index contributed by atoms with van der Waals surface area (Å²) in [4.78, 5) is -0.458. The van der Waals surface area contributed by atoms with Gasteiger partial charge in [0.15, 0.2) is 5.75 Å². The molecule has 0 heterocycles. The van der Waals surface area contributed by atoms with Crippen LogP contribution in [0.2, 0.25) is 10.0 Å². The smallest absolute Gasteiger partial charge is 0.294 e. The molecule has 0 spiro atoms. The number of rotatable bonds is 1. The molecule has 0 saturated heterocycles. The lowest BCUT2D eigenvalue weighted by Crippen LogP contribution is -1.97. The molecule has 0 unspecified atom stereocenters. The van der Waals surface area contributed by atoms with Crippen molar-refractivity contribution in [2.45, 2.75) is 4.90 Å². The highest BCUT2D eigenvalue weighted by Crippen LogP contribution is 2.33. The molecule has 0 amide bonds. The molecular formula is C6H4Cl2O4S. The van der Waals surface area contributed by atoms with Crippen molar-refractivity contribution in [2.75, 3.05) is 0 Å².